The third-order valence-corrected chi connectivity index (χ3v) is 5.78. The summed E-state index contributed by atoms with van der Waals surface area (Å²) in [5.41, 5.74) is 1.12. The molecule has 0 bridgehead atoms. The van der Waals surface area contributed by atoms with E-state index in [4.69, 9.17) is 27.9 Å². The van der Waals surface area contributed by atoms with Gasteiger partial charge in [-0.3, -0.25) is 14.5 Å². The molecule has 3 rings (SSSR count). The lowest BCUT2D eigenvalue weighted by atomic mass is 10.2. The molecule has 1 aliphatic heterocycles. The number of ether oxygens (including phenoxy) is 1. The first-order valence-corrected chi connectivity index (χ1v) is 10.5. The lowest BCUT2D eigenvalue weighted by molar-refractivity contribution is -0.129. The number of nitrogens with zero attached hydrogens (tertiary/aromatic N) is 2. The quantitative estimate of drug-likeness (QED) is 0.695. The monoisotopic (exact) mass is 451 g/mol. The van der Waals surface area contributed by atoms with Gasteiger partial charge in [0.15, 0.2) is 5.17 Å². The number of hydrogen-bond acceptors (Lipinski definition) is 5. The van der Waals surface area contributed by atoms with E-state index in [2.05, 4.69) is 10.3 Å². The fraction of sp³-hybridized carbons (Fsp3) is 0.250. The number of thioether (sulfide) groups is 1. The molecule has 0 spiro atoms. The van der Waals surface area contributed by atoms with Crippen LogP contribution in [0.4, 0.5) is 11.4 Å². The Labute approximate surface area is 183 Å². The summed E-state index contributed by atoms with van der Waals surface area (Å²) in [5, 5.41) is 3.46. The van der Waals surface area contributed by atoms with Gasteiger partial charge in [-0.05, 0) is 37.3 Å². The molecule has 0 aromatic heterocycles. The number of carbonyl (C=O) groups excluding carboxylic acids is 2. The molecule has 1 N–H and O–H groups in total. The van der Waals surface area contributed by atoms with E-state index in [9.17, 15) is 9.59 Å². The molecule has 9 heteroatoms. The second-order valence-corrected chi connectivity index (χ2v) is 8.23. The van der Waals surface area contributed by atoms with Crippen molar-refractivity contribution in [1.29, 1.82) is 0 Å². The molecule has 0 aliphatic carbocycles. The van der Waals surface area contributed by atoms with Crippen molar-refractivity contribution in [2.45, 2.75) is 18.6 Å². The van der Waals surface area contributed by atoms with E-state index < -0.39 is 5.25 Å². The van der Waals surface area contributed by atoms with Gasteiger partial charge in [0, 0.05) is 34.8 Å². The fourth-order valence-electron chi connectivity index (χ4n) is 2.79. The third kappa shape index (κ3) is 5.44. The Hall–Kier alpha value is -2.22. The lowest BCUT2D eigenvalue weighted by Crippen LogP contribution is -2.45. The number of amides is 2. The fourth-order valence-corrected chi connectivity index (χ4v) is 4.48. The lowest BCUT2D eigenvalue weighted by Gasteiger charge is -2.31. The summed E-state index contributed by atoms with van der Waals surface area (Å²) < 4.78 is 5.22. The second kappa shape index (κ2) is 9.52. The van der Waals surface area contributed by atoms with Crippen LogP contribution in [0.1, 0.15) is 13.3 Å². The van der Waals surface area contributed by atoms with Gasteiger partial charge in [-0.1, -0.05) is 41.0 Å². The highest BCUT2D eigenvalue weighted by Gasteiger charge is 2.35. The Kier molecular flexibility index (Phi) is 7.05. The molecular weight excluding hydrogens is 433 g/mol. The highest BCUT2D eigenvalue weighted by Crippen LogP contribution is 2.31. The Morgan fingerprint density at radius 1 is 1.28 bits per heavy atom. The molecule has 1 fully saturated rings. The summed E-state index contributed by atoms with van der Waals surface area (Å²) in [7, 11) is 1.58. The van der Waals surface area contributed by atoms with Crippen molar-refractivity contribution in [1.82, 2.24) is 4.90 Å². The van der Waals surface area contributed by atoms with Crippen LogP contribution in [0.3, 0.4) is 0 Å². The van der Waals surface area contributed by atoms with Crippen LogP contribution in [0.25, 0.3) is 0 Å². The van der Waals surface area contributed by atoms with Crippen molar-refractivity contribution in [3.63, 3.8) is 0 Å². The number of aliphatic imine (C=N–C) groups is 1. The first-order valence-electron chi connectivity index (χ1n) is 8.86. The number of hydrogen-bond donors (Lipinski definition) is 1. The molecule has 6 nitrogen and oxygen atoms in total. The molecule has 1 saturated heterocycles. The molecule has 152 valence electrons. The molecular formula is C20H19Cl2N3O3S. The number of methoxy groups -OCH3 is 1. The van der Waals surface area contributed by atoms with Gasteiger partial charge in [-0.15, -0.1) is 0 Å². The van der Waals surface area contributed by atoms with Crippen molar-refractivity contribution < 1.29 is 14.3 Å². The molecule has 2 amide bonds. The number of halogens is 2. The molecule has 2 aromatic rings. The molecule has 1 atom stereocenters. The Morgan fingerprint density at radius 3 is 2.66 bits per heavy atom. The first kappa shape index (κ1) is 21.5. The molecule has 1 unspecified atom stereocenters. The van der Waals surface area contributed by atoms with Crippen LogP contribution >= 0.6 is 35.0 Å². The van der Waals surface area contributed by atoms with Gasteiger partial charge in [-0.25, -0.2) is 4.99 Å². The van der Waals surface area contributed by atoms with E-state index in [0.29, 0.717) is 38.9 Å². The van der Waals surface area contributed by atoms with Crippen LogP contribution in [0.5, 0.6) is 5.75 Å². The minimum absolute atomic E-state index is 0.0791. The van der Waals surface area contributed by atoms with E-state index in [0.717, 1.165) is 0 Å². The van der Waals surface area contributed by atoms with Gasteiger partial charge in [-0.2, -0.15) is 0 Å². The predicted molar refractivity (Wildman–Crippen MR) is 119 cm³/mol. The van der Waals surface area contributed by atoms with Crippen LogP contribution in [0.2, 0.25) is 10.0 Å². The standard InChI is InChI=1S/C20H19Cl2N3O3S/c1-3-25-18(26)11-17(19(27)23-15-8-12(21)7-13(22)9-15)29-20(25)24-14-5-4-6-16(10-14)28-2/h4-10,17H,3,11H2,1-2H3,(H,23,27). The largest absolute Gasteiger partial charge is 0.497 e. The number of benzene rings is 2. The van der Waals surface area contributed by atoms with Gasteiger partial charge in [0.05, 0.1) is 12.8 Å². The number of rotatable bonds is 5. The highest BCUT2D eigenvalue weighted by molar-refractivity contribution is 8.15. The van der Waals surface area contributed by atoms with Gasteiger partial charge < -0.3 is 10.1 Å². The number of anilines is 1. The number of carbonyl (C=O) groups is 2. The first-order chi connectivity index (χ1) is 13.9. The van der Waals surface area contributed by atoms with Crippen molar-refractivity contribution in [3.8, 4) is 5.75 Å². The second-order valence-electron chi connectivity index (χ2n) is 6.19. The Morgan fingerprint density at radius 2 is 2.00 bits per heavy atom. The van der Waals surface area contributed by atoms with E-state index in [1.54, 1.807) is 36.3 Å². The topological polar surface area (TPSA) is 71.0 Å². The average Bonchev–Trinajstić information content (AvgIpc) is 2.67. The van der Waals surface area contributed by atoms with E-state index in [-0.39, 0.29) is 18.2 Å². The van der Waals surface area contributed by atoms with Crippen molar-refractivity contribution in [3.05, 3.63) is 52.5 Å². The van der Waals surface area contributed by atoms with Gasteiger partial charge >= 0.3 is 0 Å². The van der Waals surface area contributed by atoms with Gasteiger partial charge in [0.25, 0.3) is 0 Å². The number of amidine groups is 1. The zero-order valence-corrected chi connectivity index (χ0v) is 18.1. The molecule has 0 saturated carbocycles. The van der Waals surface area contributed by atoms with Crippen molar-refractivity contribution in [2.75, 3.05) is 19.0 Å². The molecule has 1 heterocycles. The normalized spacial score (nSPS) is 18.1. The third-order valence-electron chi connectivity index (χ3n) is 4.16. The van der Waals surface area contributed by atoms with Gasteiger partial charge in [0.1, 0.15) is 11.0 Å². The summed E-state index contributed by atoms with van der Waals surface area (Å²) in [5.74, 6) is 0.196. The number of nitrogens with one attached hydrogen (secondary N) is 1. The van der Waals surface area contributed by atoms with Crippen LogP contribution in [-0.2, 0) is 9.59 Å². The molecule has 29 heavy (non-hydrogen) atoms. The minimum Gasteiger partial charge on any atom is -0.497 e. The zero-order chi connectivity index (χ0) is 21.0. The van der Waals surface area contributed by atoms with Crippen LogP contribution in [-0.4, -0.2) is 40.8 Å². The maximum Gasteiger partial charge on any atom is 0.238 e. The summed E-state index contributed by atoms with van der Waals surface area (Å²) in [4.78, 5) is 31.5. The minimum atomic E-state index is -0.618. The van der Waals surface area contributed by atoms with Crippen LogP contribution < -0.4 is 10.1 Å². The molecule has 1 aliphatic rings. The maximum atomic E-state index is 12.8. The van der Waals surface area contributed by atoms with Crippen LogP contribution in [0.15, 0.2) is 47.5 Å². The predicted octanol–water partition coefficient (Wildman–Crippen LogP) is 4.98. The Bertz CT molecular complexity index is 947. The zero-order valence-electron chi connectivity index (χ0n) is 15.8. The summed E-state index contributed by atoms with van der Waals surface area (Å²) in [6.45, 7) is 2.33. The van der Waals surface area contributed by atoms with E-state index >= 15 is 0 Å². The van der Waals surface area contributed by atoms with E-state index in [1.807, 2.05) is 25.1 Å². The summed E-state index contributed by atoms with van der Waals surface area (Å²) in [6, 6.07) is 12.0. The Balaban J connectivity index is 1.83. The van der Waals surface area contributed by atoms with E-state index in [1.165, 1.54) is 11.8 Å². The average molecular weight is 452 g/mol. The summed E-state index contributed by atoms with van der Waals surface area (Å²) >= 11 is 13.2. The summed E-state index contributed by atoms with van der Waals surface area (Å²) in [6.07, 6.45) is 0.0791. The maximum absolute atomic E-state index is 12.8. The van der Waals surface area contributed by atoms with Crippen molar-refractivity contribution >= 4 is 63.3 Å². The molecule has 0 radical (unpaired) electrons. The van der Waals surface area contributed by atoms with Gasteiger partial charge in [0.2, 0.25) is 11.8 Å². The molecule has 2 aromatic carbocycles. The SMILES string of the molecule is CCN1C(=O)CC(C(=O)Nc2cc(Cl)cc(Cl)c2)SC1=Nc1cccc(OC)c1. The van der Waals surface area contributed by atoms with Crippen LogP contribution in [0, 0.1) is 0 Å². The van der Waals surface area contributed by atoms with Crippen molar-refractivity contribution in [2.24, 2.45) is 4.99 Å². The smallest absolute Gasteiger partial charge is 0.238 e. The highest BCUT2D eigenvalue weighted by atomic mass is 35.5.